The van der Waals surface area contributed by atoms with E-state index >= 15 is 0 Å². The zero-order valence-electron chi connectivity index (χ0n) is 11.6. The molecule has 0 spiro atoms. The van der Waals surface area contributed by atoms with E-state index in [9.17, 15) is 9.18 Å². The van der Waals surface area contributed by atoms with Gasteiger partial charge in [0.05, 0.1) is 18.4 Å². The number of pyridine rings is 1. The monoisotopic (exact) mass is 281 g/mol. The van der Waals surface area contributed by atoms with E-state index in [0.29, 0.717) is 0 Å². The molecule has 20 heavy (non-hydrogen) atoms. The highest BCUT2D eigenvalue weighted by Gasteiger charge is 2.21. The second kappa shape index (κ2) is 6.76. The van der Waals surface area contributed by atoms with E-state index in [1.807, 2.05) is 11.8 Å². The number of rotatable bonds is 4. The predicted octanol–water partition coefficient (Wildman–Crippen LogP) is 1.37. The van der Waals surface area contributed by atoms with Crippen molar-refractivity contribution in [3.05, 3.63) is 29.8 Å². The minimum absolute atomic E-state index is 0.0943. The smallest absolute Gasteiger partial charge is 0.317 e. The summed E-state index contributed by atoms with van der Waals surface area (Å²) in [6.45, 7) is 5.37. The number of hydrogen-bond acceptors (Lipinski definition) is 4. The molecule has 2 heterocycles. The first-order valence-electron chi connectivity index (χ1n) is 6.86. The minimum Gasteiger partial charge on any atom is -0.480 e. The summed E-state index contributed by atoms with van der Waals surface area (Å²) in [5.41, 5.74) is 0.845. The third kappa shape index (κ3) is 3.98. The van der Waals surface area contributed by atoms with Crippen LogP contribution in [0.15, 0.2) is 18.3 Å². The first-order valence-corrected chi connectivity index (χ1v) is 6.86. The quantitative estimate of drug-likeness (QED) is 0.903. The Kier molecular flexibility index (Phi) is 5.03. The van der Waals surface area contributed by atoms with Gasteiger partial charge < -0.3 is 5.11 Å². The van der Waals surface area contributed by atoms with E-state index in [1.165, 1.54) is 12.3 Å². The van der Waals surface area contributed by atoms with Crippen LogP contribution in [0.1, 0.15) is 25.1 Å². The third-order valence-electron chi connectivity index (χ3n) is 3.71. The van der Waals surface area contributed by atoms with Gasteiger partial charge in [-0.15, -0.1) is 0 Å². The first-order chi connectivity index (χ1) is 9.56. The van der Waals surface area contributed by atoms with Crippen LogP contribution in [-0.4, -0.2) is 58.6 Å². The van der Waals surface area contributed by atoms with Crippen molar-refractivity contribution in [3.63, 3.8) is 0 Å². The molecule has 1 N–H and O–H groups in total. The fraction of sp³-hybridized carbons (Fsp3) is 0.571. The molecule has 0 bridgehead atoms. The molecule has 1 unspecified atom stereocenters. The molecule has 0 saturated carbocycles. The summed E-state index contributed by atoms with van der Waals surface area (Å²) in [7, 11) is 0. The Morgan fingerprint density at radius 2 is 2.20 bits per heavy atom. The van der Waals surface area contributed by atoms with Crippen molar-refractivity contribution in [2.45, 2.75) is 19.4 Å². The third-order valence-corrected chi connectivity index (χ3v) is 3.71. The highest BCUT2D eigenvalue weighted by Crippen LogP contribution is 2.19. The summed E-state index contributed by atoms with van der Waals surface area (Å²) in [6.07, 6.45) is 2.17. The maximum atomic E-state index is 12.9. The number of aromatic nitrogens is 1. The van der Waals surface area contributed by atoms with Crippen LogP contribution < -0.4 is 0 Å². The van der Waals surface area contributed by atoms with Crippen LogP contribution in [0.2, 0.25) is 0 Å². The van der Waals surface area contributed by atoms with Crippen molar-refractivity contribution in [3.8, 4) is 0 Å². The summed E-state index contributed by atoms with van der Waals surface area (Å²) in [6, 6.07) is 3.24. The summed E-state index contributed by atoms with van der Waals surface area (Å²) < 4.78 is 12.9. The van der Waals surface area contributed by atoms with Crippen molar-refractivity contribution >= 4 is 5.97 Å². The van der Waals surface area contributed by atoms with Crippen LogP contribution in [0.4, 0.5) is 4.39 Å². The number of carbonyl (C=O) groups is 1. The molecule has 1 fully saturated rings. The number of halogens is 1. The van der Waals surface area contributed by atoms with Crippen LogP contribution >= 0.6 is 0 Å². The van der Waals surface area contributed by atoms with Gasteiger partial charge in [0.15, 0.2) is 0 Å². The van der Waals surface area contributed by atoms with Gasteiger partial charge in [0.25, 0.3) is 0 Å². The Balaban J connectivity index is 1.95. The van der Waals surface area contributed by atoms with Gasteiger partial charge in [-0.3, -0.25) is 19.6 Å². The van der Waals surface area contributed by atoms with Gasteiger partial charge in [0.1, 0.15) is 5.82 Å². The standard InChI is InChI=1S/C14H20FN3O2/c1-11(13-4-3-12(15)9-16-13)18-6-2-5-17(7-8-18)10-14(19)20/h3-4,9,11H,2,5-8,10H2,1H3,(H,19,20). The fourth-order valence-corrected chi connectivity index (χ4v) is 2.55. The van der Waals surface area contributed by atoms with Gasteiger partial charge in [0, 0.05) is 32.2 Å². The zero-order chi connectivity index (χ0) is 14.5. The molecule has 0 radical (unpaired) electrons. The molecule has 110 valence electrons. The highest BCUT2D eigenvalue weighted by molar-refractivity contribution is 5.69. The zero-order valence-corrected chi connectivity index (χ0v) is 11.6. The molecular formula is C14H20FN3O2. The normalized spacial score (nSPS) is 19.5. The molecule has 5 nitrogen and oxygen atoms in total. The van der Waals surface area contributed by atoms with Gasteiger partial charge in [-0.05, 0) is 25.5 Å². The Hall–Kier alpha value is -1.53. The second-order valence-corrected chi connectivity index (χ2v) is 5.14. The molecule has 2 rings (SSSR count). The lowest BCUT2D eigenvalue weighted by atomic mass is 10.1. The number of aliphatic carboxylic acids is 1. The Morgan fingerprint density at radius 3 is 2.85 bits per heavy atom. The second-order valence-electron chi connectivity index (χ2n) is 5.14. The van der Waals surface area contributed by atoms with E-state index in [4.69, 9.17) is 5.11 Å². The molecular weight excluding hydrogens is 261 g/mol. The van der Waals surface area contributed by atoms with Crippen molar-refractivity contribution in [2.75, 3.05) is 32.7 Å². The Morgan fingerprint density at radius 1 is 1.40 bits per heavy atom. The number of hydrogen-bond donors (Lipinski definition) is 1. The average molecular weight is 281 g/mol. The van der Waals surface area contributed by atoms with Crippen LogP contribution in [0.25, 0.3) is 0 Å². The van der Waals surface area contributed by atoms with E-state index in [2.05, 4.69) is 9.88 Å². The maximum absolute atomic E-state index is 12.9. The molecule has 1 aromatic heterocycles. The summed E-state index contributed by atoms with van der Waals surface area (Å²) in [4.78, 5) is 19.1. The molecule has 0 amide bonds. The maximum Gasteiger partial charge on any atom is 0.317 e. The van der Waals surface area contributed by atoms with E-state index in [-0.39, 0.29) is 18.4 Å². The molecule has 1 aliphatic heterocycles. The van der Waals surface area contributed by atoms with Gasteiger partial charge >= 0.3 is 5.97 Å². The number of carboxylic acid groups (broad SMARTS) is 1. The minimum atomic E-state index is -0.785. The van der Waals surface area contributed by atoms with Crippen molar-refractivity contribution in [1.82, 2.24) is 14.8 Å². The molecule has 6 heteroatoms. The van der Waals surface area contributed by atoms with Gasteiger partial charge in [-0.2, -0.15) is 0 Å². The largest absolute Gasteiger partial charge is 0.480 e. The van der Waals surface area contributed by atoms with Crippen LogP contribution in [0, 0.1) is 5.82 Å². The molecule has 0 aliphatic carbocycles. The molecule has 1 aliphatic rings. The fourth-order valence-electron chi connectivity index (χ4n) is 2.55. The van der Waals surface area contributed by atoms with Crippen LogP contribution in [-0.2, 0) is 4.79 Å². The van der Waals surface area contributed by atoms with Crippen molar-refractivity contribution in [2.24, 2.45) is 0 Å². The van der Waals surface area contributed by atoms with Gasteiger partial charge in [0.2, 0.25) is 0 Å². The van der Waals surface area contributed by atoms with Crippen molar-refractivity contribution in [1.29, 1.82) is 0 Å². The van der Waals surface area contributed by atoms with Gasteiger partial charge in [-0.1, -0.05) is 0 Å². The lowest BCUT2D eigenvalue weighted by molar-refractivity contribution is -0.138. The molecule has 1 atom stereocenters. The van der Waals surface area contributed by atoms with Crippen LogP contribution in [0.3, 0.4) is 0 Å². The van der Waals surface area contributed by atoms with E-state index < -0.39 is 5.97 Å². The molecule has 1 aromatic rings. The van der Waals surface area contributed by atoms with Crippen molar-refractivity contribution < 1.29 is 14.3 Å². The Bertz CT molecular complexity index is 452. The summed E-state index contributed by atoms with van der Waals surface area (Å²) in [5, 5.41) is 8.84. The number of carboxylic acids is 1. The topological polar surface area (TPSA) is 56.7 Å². The van der Waals surface area contributed by atoms with E-state index in [0.717, 1.165) is 38.3 Å². The summed E-state index contributed by atoms with van der Waals surface area (Å²) in [5.74, 6) is -1.11. The Labute approximate surface area is 118 Å². The predicted molar refractivity (Wildman–Crippen MR) is 72.9 cm³/mol. The lowest BCUT2D eigenvalue weighted by Crippen LogP contribution is -2.35. The lowest BCUT2D eigenvalue weighted by Gasteiger charge is -2.27. The SMILES string of the molecule is CC(c1ccc(F)cn1)N1CCCN(CC(=O)O)CC1. The van der Waals surface area contributed by atoms with Gasteiger partial charge in [-0.25, -0.2) is 4.39 Å². The van der Waals surface area contributed by atoms with Crippen LogP contribution in [0.5, 0.6) is 0 Å². The molecule has 1 saturated heterocycles. The average Bonchev–Trinajstić information content (AvgIpc) is 2.64. The highest BCUT2D eigenvalue weighted by atomic mass is 19.1. The summed E-state index contributed by atoms with van der Waals surface area (Å²) >= 11 is 0. The number of nitrogens with zero attached hydrogens (tertiary/aromatic N) is 3. The van der Waals surface area contributed by atoms with E-state index in [1.54, 1.807) is 6.07 Å². The molecule has 0 aromatic carbocycles. The first kappa shape index (κ1) is 14.9.